The molecule has 0 amide bonds. The van der Waals surface area contributed by atoms with Gasteiger partial charge in [0.15, 0.2) is 10.9 Å². The number of hydrogen-bond donors (Lipinski definition) is 2. The molecule has 3 N–H and O–H groups in total. The Morgan fingerprint density at radius 2 is 2.17 bits per heavy atom. The standard InChI is InChI=1S/C16H13N5O2S/c17-6-12-14(13-4-3-11(8-22)23-13)20-16(21-15(12)18)24-9-10-2-1-5-19-7-10/h1-5,7,22H,8-9H2,(H2,18,20,21). The van der Waals surface area contributed by atoms with Gasteiger partial charge in [0.05, 0.1) is 0 Å². The second kappa shape index (κ2) is 7.12. The van der Waals surface area contributed by atoms with Crippen molar-refractivity contribution in [3.8, 4) is 17.5 Å². The monoisotopic (exact) mass is 339 g/mol. The fraction of sp³-hybridized carbons (Fsp3) is 0.125. The summed E-state index contributed by atoms with van der Waals surface area (Å²) in [5.74, 6) is 1.47. The normalized spacial score (nSPS) is 10.5. The van der Waals surface area contributed by atoms with Gasteiger partial charge in [0, 0.05) is 18.1 Å². The van der Waals surface area contributed by atoms with Crippen molar-refractivity contribution in [2.75, 3.05) is 5.73 Å². The third-order valence-electron chi connectivity index (χ3n) is 3.17. The van der Waals surface area contributed by atoms with Crippen molar-refractivity contribution < 1.29 is 9.52 Å². The summed E-state index contributed by atoms with van der Waals surface area (Å²) in [6, 6.07) is 9.07. The second-order valence-electron chi connectivity index (χ2n) is 4.80. The molecule has 0 bridgehead atoms. The molecule has 0 spiro atoms. The number of aromatic nitrogens is 3. The predicted molar refractivity (Wildman–Crippen MR) is 88.6 cm³/mol. The molecule has 0 aliphatic carbocycles. The highest BCUT2D eigenvalue weighted by molar-refractivity contribution is 7.98. The van der Waals surface area contributed by atoms with E-state index in [1.54, 1.807) is 24.5 Å². The van der Waals surface area contributed by atoms with Crippen LogP contribution in [0.1, 0.15) is 16.9 Å². The molecule has 0 saturated carbocycles. The van der Waals surface area contributed by atoms with Gasteiger partial charge in [0.2, 0.25) is 0 Å². The first-order valence-electron chi connectivity index (χ1n) is 7.00. The molecule has 3 aromatic rings. The van der Waals surface area contributed by atoms with Gasteiger partial charge in [0.25, 0.3) is 0 Å². The molecule has 0 aliphatic rings. The minimum Gasteiger partial charge on any atom is -0.457 e. The molecule has 0 atom stereocenters. The molecule has 0 unspecified atom stereocenters. The van der Waals surface area contributed by atoms with E-state index in [9.17, 15) is 5.26 Å². The van der Waals surface area contributed by atoms with Crippen molar-refractivity contribution in [2.45, 2.75) is 17.5 Å². The quantitative estimate of drug-likeness (QED) is 0.536. The number of anilines is 1. The first kappa shape index (κ1) is 16.0. The fourth-order valence-corrected chi connectivity index (χ4v) is 2.82. The van der Waals surface area contributed by atoms with Crippen LogP contribution in [0.25, 0.3) is 11.5 Å². The molecular formula is C16H13N5O2S. The van der Waals surface area contributed by atoms with Crippen molar-refractivity contribution in [3.05, 3.63) is 53.5 Å². The maximum absolute atomic E-state index is 9.31. The summed E-state index contributed by atoms with van der Waals surface area (Å²) in [7, 11) is 0. The Kier molecular flexibility index (Phi) is 4.74. The van der Waals surface area contributed by atoms with Gasteiger partial charge in [-0.25, -0.2) is 9.97 Å². The van der Waals surface area contributed by atoms with Gasteiger partial charge in [0.1, 0.15) is 35.5 Å². The minimum atomic E-state index is -0.231. The van der Waals surface area contributed by atoms with Crippen LogP contribution in [-0.4, -0.2) is 20.1 Å². The van der Waals surface area contributed by atoms with Crippen molar-refractivity contribution in [1.82, 2.24) is 15.0 Å². The number of nitrogens with zero attached hydrogens (tertiary/aromatic N) is 4. The number of aliphatic hydroxyl groups excluding tert-OH is 1. The number of furan rings is 1. The summed E-state index contributed by atoms with van der Waals surface area (Å²) in [5, 5.41) is 18.9. The molecule has 3 rings (SSSR count). The summed E-state index contributed by atoms with van der Waals surface area (Å²) in [4.78, 5) is 12.6. The van der Waals surface area contributed by atoms with Crippen molar-refractivity contribution in [3.63, 3.8) is 0 Å². The second-order valence-corrected chi connectivity index (χ2v) is 5.74. The zero-order valence-electron chi connectivity index (χ0n) is 12.5. The molecule has 0 radical (unpaired) electrons. The van der Waals surface area contributed by atoms with E-state index in [2.05, 4.69) is 15.0 Å². The van der Waals surface area contributed by atoms with E-state index in [0.717, 1.165) is 5.56 Å². The summed E-state index contributed by atoms with van der Waals surface area (Å²) in [6.07, 6.45) is 3.47. The number of hydrogen-bond acceptors (Lipinski definition) is 8. The van der Waals surface area contributed by atoms with Gasteiger partial charge >= 0.3 is 0 Å². The molecule has 0 fully saturated rings. The van der Waals surface area contributed by atoms with Gasteiger partial charge in [-0.15, -0.1) is 0 Å². The van der Waals surface area contributed by atoms with E-state index in [1.165, 1.54) is 11.8 Å². The number of nitrogen functional groups attached to an aromatic ring is 1. The molecular weight excluding hydrogens is 326 g/mol. The first-order chi connectivity index (χ1) is 11.7. The van der Waals surface area contributed by atoms with E-state index >= 15 is 0 Å². The number of pyridine rings is 1. The Morgan fingerprint density at radius 3 is 2.83 bits per heavy atom. The van der Waals surface area contributed by atoms with Gasteiger partial charge in [-0.3, -0.25) is 4.98 Å². The molecule has 7 nitrogen and oxygen atoms in total. The molecule has 0 saturated heterocycles. The Morgan fingerprint density at radius 1 is 1.29 bits per heavy atom. The lowest BCUT2D eigenvalue weighted by Crippen LogP contribution is -2.02. The molecule has 3 aromatic heterocycles. The molecule has 0 aliphatic heterocycles. The lowest BCUT2D eigenvalue weighted by Gasteiger charge is -2.06. The third-order valence-corrected chi connectivity index (χ3v) is 4.09. The van der Waals surface area contributed by atoms with Gasteiger partial charge in [-0.2, -0.15) is 5.26 Å². The molecule has 8 heteroatoms. The SMILES string of the molecule is N#Cc1c(N)nc(SCc2cccnc2)nc1-c1ccc(CO)o1. The lowest BCUT2D eigenvalue weighted by atomic mass is 10.2. The van der Waals surface area contributed by atoms with E-state index in [1.807, 2.05) is 18.2 Å². The van der Waals surface area contributed by atoms with Crippen LogP contribution in [0.4, 0.5) is 5.82 Å². The number of thioether (sulfide) groups is 1. The van der Waals surface area contributed by atoms with Crippen LogP contribution in [0, 0.1) is 11.3 Å². The first-order valence-corrected chi connectivity index (χ1v) is 7.99. The highest BCUT2D eigenvalue weighted by Crippen LogP contribution is 2.29. The van der Waals surface area contributed by atoms with Crippen molar-refractivity contribution in [2.24, 2.45) is 0 Å². The lowest BCUT2D eigenvalue weighted by molar-refractivity contribution is 0.248. The number of aliphatic hydroxyl groups is 1. The van der Waals surface area contributed by atoms with Gasteiger partial charge in [-0.1, -0.05) is 17.8 Å². The maximum atomic E-state index is 9.31. The molecule has 24 heavy (non-hydrogen) atoms. The van der Waals surface area contributed by atoms with Crippen LogP contribution in [0.15, 0.2) is 46.2 Å². The highest BCUT2D eigenvalue weighted by atomic mass is 32.2. The van der Waals surface area contributed by atoms with E-state index < -0.39 is 0 Å². The van der Waals surface area contributed by atoms with E-state index in [0.29, 0.717) is 28.1 Å². The average molecular weight is 339 g/mol. The zero-order valence-corrected chi connectivity index (χ0v) is 13.3. The molecule has 120 valence electrons. The topological polar surface area (TPSA) is 122 Å². The number of nitriles is 1. The Bertz CT molecular complexity index is 889. The Hall–Kier alpha value is -2.89. The van der Waals surface area contributed by atoms with Crippen LogP contribution < -0.4 is 5.73 Å². The van der Waals surface area contributed by atoms with Crippen LogP contribution in [0.3, 0.4) is 0 Å². The van der Waals surface area contributed by atoms with E-state index in [4.69, 9.17) is 15.3 Å². The zero-order chi connectivity index (χ0) is 16.9. The average Bonchev–Trinajstić information content (AvgIpc) is 3.09. The Labute approximate surface area is 142 Å². The van der Waals surface area contributed by atoms with Crippen LogP contribution in [0.5, 0.6) is 0 Å². The largest absolute Gasteiger partial charge is 0.457 e. The van der Waals surface area contributed by atoms with Crippen LogP contribution >= 0.6 is 11.8 Å². The fourth-order valence-electron chi connectivity index (χ4n) is 2.03. The molecule has 0 aromatic carbocycles. The minimum absolute atomic E-state index is 0.0955. The van der Waals surface area contributed by atoms with Gasteiger partial charge in [-0.05, 0) is 23.8 Å². The van der Waals surface area contributed by atoms with Crippen molar-refractivity contribution in [1.29, 1.82) is 5.26 Å². The van der Waals surface area contributed by atoms with E-state index in [-0.39, 0.29) is 18.0 Å². The summed E-state index contributed by atoms with van der Waals surface area (Å²) >= 11 is 1.39. The predicted octanol–water partition coefficient (Wildman–Crippen LogP) is 2.37. The molecule has 3 heterocycles. The van der Waals surface area contributed by atoms with Crippen LogP contribution in [-0.2, 0) is 12.4 Å². The number of nitrogens with two attached hydrogens (primary N) is 1. The third kappa shape index (κ3) is 3.37. The summed E-state index contributed by atoms with van der Waals surface area (Å²) in [5.41, 5.74) is 7.38. The van der Waals surface area contributed by atoms with Gasteiger partial charge < -0.3 is 15.3 Å². The summed E-state index contributed by atoms with van der Waals surface area (Å²) in [6.45, 7) is -0.231. The van der Waals surface area contributed by atoms with Crippen molar-refractivity contribution >= 4 is 17.6 Å². The summed E-state index contributed by atoms with van der Waals surface area (Å²) < 4.78 is 5.47. The number of rotatable bonds is 5. The Balaban J connectivity index is 1.93. The highest BCUT2D eigenvalue weighted by Gasteiger charge is 2.17. The maximum Gasteiger partial charge on any atom is 0.190 e. The smallest absolute Gasteiger partial charge is 0.190 e. The van der Waals surface area contributed by atoms with Crippen LogP contribution in [0.2, 0.25) is 0 Å².